The third kappa shape index (κ3) is 0.256. The lowest BCUT2D eigenvalue weighted by molar-refractivity contribution is -0.0348. The van der Waals surface area contributed by atoms with E-state index >= 15 is 0 Å². The van der Waals surface area contributed by atoms with Gasteiger partial charge >= 0.3 is 0 Å². The Hall–Kier alpha value is 0. The molecule has 60 valence electrons. The summed E-state index contributed by atoms with van der Waals surface area (Å²) in [5, 5.41) is 0. The Morgan fingerprint density at radius 2 is 1.82 bits per heavy atom. The van der Waals surface area contributed by atoms with Crippen molar-refractivity contribution >= 4 is 0 Å². The molecule has 0 heterocycles. The quantitative estimate of drug-likeness (QED) is 0.495. The molecule has 3 saturated carbocycles. The largest absolute Gasteiger partial charge is 0.0614 e. The average molecular weight is 148 g/mol. The molecule has 3 rings (SSSR count). The van der Waals surface area contributed by atoms with E-state index in [1.54, 1.807) is 25.7 Å². The van der Waals surface area contributed by atoms with Gasteiger partial charge in [0, 0.05) is 0 Å². The van der Waals surface area contributed by atoms with Gasteiger partial charge in [-0.3, -0.25) is 0 Å². The van der Waals surface area contributed by atoms with Crippen LogP contribution in [0.15, 0.2) is 0 Å². The lowest BCUT2D eigenvalue weighted by Crippen LogP contribution is -2.45. The zero-order valence-electron chi connectivity index (χ0n) is 7.48. The Labute approximate surface area is 68.4 Å². The van der Waals surface area contributed by atoms with Crippen molar-refractivity contribution in [2.75, 3.05) is 0 Å². The zero-order chi connectivity index (χ0) is 7.48. The Morgan fingerprint density at radius 1 is 1.00 bits per heavy atom. The molecule has 5 atom stereocenters. The number of hydrogen-bond donors (Lipinski definition) is 0. The molecule has 0 aliphatic heterocycles. The second kappa shape index (κ2) is 1.03. The van der Waals surface area contributed by atoms with Gasteiger partial charge < -0.3 is 0 Å². The Balaban J connectivity index is 1.99. The highest BCUT2D eigenvalue weighted by Gasteiger charge is 2.93. The summed E-state index contributed by atoms with van der Waals surface area (Å²) >= 11 is 0. The van der Waals surface area contributed by atoms with Gasteiger partial charge in [0.1, 0.15) is 0 Å². The standard InChI is InChI=1S/C11H16/c1-7-9-3-4-10(5-9)8(2)11(7,10)6-9/h7-8H,3-6H2,1-2H3. The minimum atomic E-state index is 0.895. The van der Waals surface area contributed by atoms with Gasteiger partial charge in [0.2, 0.25) is 0 Å². The summed E-state index contributed by atoms with van der Waals surface area (Å²) in [6.45, 7) is 5.05. The molecule has 0 radical (unpaired) electrons. The maximum atomic E-state index is 2.54. The third-order valence-electron chi connectivity index (χ3n) is 6.52. The Kier molecular flexibility index (Phi) is 0.527. The maximum Gasteiger partial charge on any atom is -0.0171 e. The minimum absolute atomic E-state index is 0.895. The van der Waals surface area contributed by atoms with Crippen LogP contribution >= 0.6 is 0 Å². The van der Waals surface area contributed by atoms with Crippen LogP contribution in [0.25, 0.3) is 0 Å². The summed E-state index contributed by atoms with van der Waals surface area (Å²) in [6.07, 6.45) is 6.43. The van der Waals surface area contributed by atoms with E-state index in [-0.39, 0.29) is 0 Å². The van der Waals surface area contributed by atoms with Gasteiger partial charge in [0.05, 0.1) is 0 Å². The van der Waals surface area contributed by atoms with Gasteiger partial charge in [-0.2, -0.15) is 0 Å². The smallest absolute Gasteiger partial charge is 0.0171 e. The molecule has 0 aromatic rings. The molecule has 0 amide bonds. The van der Waals surface area contributed by atoms with Crippen LogP contribution < -0.4 is 0 Å². The molecule has 3 aliphatic carbocycles. The highest BCUT2D eigenvalue weighted by atomic mass is 15.0. The van der Waals surface area contributed by atoms with E-state index in [4.69, 9.17) is 0 Å². The summed E-state index contributed by atoms with van der Waals surface area (Å²) in [5.74, 6) is 2.22. The number of fused-ring (bicyclic) bond motifs is 1. The van der Waals surface area contributed by atoms with Crippen LogP contribution in [0.1, 0.15) is 39.5 Å². The average Bonchev–Trinajstić information content (AvgIpc) is 2.44. The van der Waals surface area contributed by atoms with Crippen LogP contribution in [0.5, 0.6) is 0 Å². The van der Waals surface area contributed by atoms with Crippen LogP contribution in [0, 0.1) is 28.1 Å². The van der Waals surface area contributed by atoms with Crippen LogP contribution in [0.2, 0.25) is 0 Å². The van der Waals surface area contributed by atoms with Gasteiger partial charge in [-0.1, -0.05) is 13.8 Å². The molecule has 11 heavy (non-hydrogen) atoms. The van der Waals surface area contributed by atoms with Crippen LogP contribution in [-0.4, -0.2) is 0 Å². The number of rotatable bonds is 0. The Morgan fingerprint density at radius 3 is 2.27 bits per heavy atom. The summed E-state index contributed by atoms with van der Waals surface area (Å²) in [5.41, 5.74) is 2.71. The fraction of sp³-hybridized carbons (Fsp3) is 1.00. The first-order valence-electron chi connectivity index (χ1n) is 5.18. The van der Waals surface area contributed by atoms with Crippen LogP contribution in [0.4, 0.5) is 0 Å². The topological polar surface area (TPSA) is 0 Å². The Bertz CT molecular complexity index is 265. The molecule has 3 aliphatic rings. The van der Waals surface area contributed by atoms with Crippen molar-refractivity contribution in [3.8, 4) is 0 Å². The zero-order valence-corrected chi connectivity index (χ0v) is 7.48. The minimum Gasteiger partial charge on any atom is -0.0614 e. The molecule has 0 N–H and O–H groups in total. The van der Waals surface area contributed by atoms with E-state index in [0.717, 1.165) is 28.1 Å². The predicted molar refractivity (Wildman–Crippen MR) is 44.1 cm³/mol. The van der Waals surface area contributed by atoms with Gasteiger partial charge in [-0.15, -0.1) is 0 Å². The normalized spacial score (nSPS) is 81.3. The summed E-state index contributed by atoms with van der Waals surface area (Å²) in [7, 11) is 0. The first-order valence-corrected chi connectivity index (χ1v) is 5.18. The van der Waals surface area contributed by atoms with Gasteiger partial charge in [0.15, 0.2) is 0 Å². The van der Waals surface area contributed by atoms with Crippen molar-refractivity contribution < 1.29 is 0 Å². The predicted octanol–water partition coefficient (Wildman–Crippen LogP) is 2.83. The second-order valence-corrected chi connectivity index (χ2v) is 5.86. The van der Waals surface area contributed by atoms with Gasteiger partial charge in [-0.25, -0.2) is 0 Å². The molecule has 0 heteroatoms. The molecular weight excluding hydrogens is 132 g/mol. The van der Waals surface area contributed by atoms with E-state index < -0.39 is 0 Å². The summed E-state index contributed by atoms with van der Waals surface area (Å²) < 4.78 is 0. The van der Waals surface area contributed by atoms with Crippen LogP contribution in [-0.2, 0) is 0 Å². The molecule has 3 fully saturated rings. The van der Waals surface area contributed by atoms with Crippen LogP contribution in [0.3, 0.4) is 0 Å². The second-order valence-electron chi connectivity index (χ2n) is 5.86. The molecule has 0 bridgehead atoms. The van der Waals surface area contributed by atoms with E-state index in [2.05, 4.69) is 13.8 Å². The van der Waals surface area contributed by atoms with E-state index in [0.29, 0.717) is 0 Å². The summed E-state index contributed by atoms with van der Waals surface area (Å²) in [4.78, 5) is 0. The molecule has 0 nitrogen and oxygen atoms in total. The van der Waals surface area contributed by atoms with E-state index in [9.17, 15) is 0 Å². The molecule has 5 unspecified atom stereocenters. The monoisotopic (exact) mass is 148 g/mol. The maximum absolute atomic E-state index is 2.54. The van der Waals surface area contributed by atoms with Gasteiger partial charge in [-0.05, 0) is 53.8 Å². The highest BCUT2D eigenvalue weighted by molar-refractivity contribution is 5.41. The lowest BCUT2D eigenvalue weighted by atomic mass is 9.52. The van der Waals surface area contributed by atoms with Crippen molar-refractivity contribution in [2.24, 2.45) is 28.1 Å². The molecule has 0 aromatic heterocycles. The van der Waals surface area contributed by atoms with Crippen molar-refractivity contribution in [3.05, 3.63) is 0 Å². The third-order valence-corrected chi connectivity index (χ3v) is 6.52. The SMILES string of the molecule is CC1C23CCC4(C2)C(C)C14C3. The van der Waals surface area contributed by atoms with E-state index in [1.807, 2.05) is 0 Å². The first-order chi connectivity index (χ1) is 5.18. The fourth-order valence-corrected chi connectivity index (χ4v) is 5.93. The molecular formula is C11H16. The van der Waals surface area contributed by atoms with Crippen molar-refractivity contribution in [2.45, 2.75) is 39.5 Å². The highest BCUT2D eigenvalue weighted by Crippen LogP contribution is 3.00. The molecule has 0 aromatic carbocycles. The lowest BCUT2D eigenvalue weighted by Gasteiger charge is -2.52. The van der Waals surface area contributed by atoms with Gasteiger partial charge in [0.25, 0.3) is 0 Å². The van der Waals surface area contributed by atoms with Crippen molar-refractivity contribution in [3.63, 3.8) is 0 Å². The summed E-state index contributed by atoms with van der Waals surface area (Å²) in [6, 6.07) is 0. The first kappa shape index (κ1) is 5.61. The number of hydrogen-bond acceptors (Lipinski definition) is 0. The molecule has 3 spiro atoms. The fourth-order valence-electron chi connectivity index (χ4n) is 5.93. The van der Waals surface area contributed by atoms with Crippen molar-refractivity contribution in [1.82, 2.24) is 0 Å². The van der Waals surface area contributed by atoms with E-state index in [1.165, 1.54) is 0 Å². The van der Waals surface area contributed by atoms with Crippen molar-refractivity contribution in [1.29, 1.82) is 0 Å². The molecule has 0 saturated heterocycles.